The highest BCUT2D eigenvalue weighted by atomic mass is 35.5. The molecular weight excluding hydrogens is 363 g/mol. The maximum atomic E-state index is 12.9. The quantitative estimate of drug-likeness (QED) is 0.813. The molecule has 0 aromatic heterocycles. The Kier molecular flexibility index (Phi) is 4.35. The number of rotatable bonds is 4. The molecule has 1 amide bonds. The summed E-state index contributed by atoms with van der Waals surface area (Å²) in [5.41, 5.74) is 0.684. The Hall–Kier alpha value is -0.860. The number of hydrogen-bond acceptors (Lipinski definition) is 4. The zero-order chi connectivity index (χ0) is 16.8. The minimum Gasteiger partial charge on any atom is -0.383 e. The summed E-state index contributed by atoms with van der Waals surface area (Å²) in [6, 6.07) is 4.14. The average molecular weight is 379 g/mol. The maximum Gasteiger partial charge on any atom is 0.265 e. The van der Waals surface area contributed by atoms with Crippen LogP contribution in [0.1, 0.15) is 18.4 Å². The third-order valence-electron chi connectivity index (χ3n) is 4.15. The van der Waals surface area contributed by atoms with Crippen LogP contribution < -0.4 is 5.32 Å². The Bertz CT molecular complexity index is 751. The van der Waals surface area contributed by atoms with Gasteiger partial charge >= 0.3 is 0 Å². The fourth-order valence-electron chi connectivity index (χ4n) is 3.00. The Labute approximate surface area is 144 Å². The van der Waals surface area contributed by atoms with Crippen molar-refractivity contribution < 1.29 is 17.9 Å². The molecule has 1 atom stereocenters. The van der Waals surface area contributed by atoms with Gasteiger partial charge in [0.25, 0.3) is 5.91 Å². The number of fused-ring (bicyclic) bond motifs is 1. The lowest BCUT2D eigenvalue weighted by molar-refractivity contribution is -0.116. The fraction of sp³-hybridized carbons (Fsp3) is 0.500. The van der Waals surface area contributed by atoms with Crippen molar-refractivity contribution in [1.82, 2.24) is 4.31 Å². The van der Waals surface area contributed by atoms with Crippen LogP contribution in [0.4, 0.5) is 5.69 Å². The summed E-state index contributed by atoms with van der Waals surface area (Å²) >= 11 is 12.1. The Balaban J connectivity index is 1.99. The topological polar surface area (TPSA) is 75.7 Å². The number of carbonyl (C=O) groups excluding carboxylic acids is 1. The molecule has 0 unspecified atom stereocenters. The molecule has 6 nitrogen and oxygen atoms in total. The number of alkyl halides is 2. The Morgan fingerprint density at radius 3 is 2.87 bits per heavy atom. The van der Waals surface area contributed by atoms with Gasteiger partial charge in [-0.3, -0.25) is 4.79 Å². The van der Waals surface area contributed by atoms with Crippen LogP contribution >= 0.6 is 23.2 Å². The highest BCUT2D eigenvalue weighted by Gasteiger charge is 2.45. The monoisotopic (exact) mass is 378 g/mol. The second kappa shape index (κ2) is 5.89. The number of anilines is 1. The van der Waals surface area contributed by atoms with Gasteiger partial charge in [-0.15, -0.1) is 0 Å². The van der Waals surface area contributed by atoms with Crippen LogP contribution in [0.2, 0.25) is 0 Å². The van der Waals surface area contributed by atoms with Crippen LogP contribution in [0, 0.1) is 0 Å². The first-order valence-electron chi connectivity index (χ1n) is 7.13. The molecule has 3 rings (SSSR count). The summed E-state index contributed by atoms with van der Waals surface area (Å²) in [7, 11) is -2.16. The molecule has 126 valence electrons. The molecule has 1 aromatic carbocycles. The van der Waals surface area contributed by atoms with Crippen molar-refractivity contribution in [3.05, 3.63) is 23.8 Å². The molecular formula is C14H16Cl2N2O4S. The predicted molar refractivity (Wildman–Crippen MR) is 87.2 cm³/mol. The van der Waals surface area contributed by atoms with E-state index in [4.69, 9.17) is 27.9 Å². The number of amides is 1. The van der Waals surface area contributed by atoms with E-state index in [2.05, 4.69) is 5.32 Å². The van der Waals surface area contributed by atoms with Gasteiger partial charge in [-0.2, -0.15) is 4.31 Å². The summed E-state index contributed by atoms with van der Waals surface area (Å²) in [5, 5.41) is 2.53. The zero-order valence-corrected chi connectivity index (χ0v) is 14.7. The van der Waals surface area contributed by atoms with Gasteiger partial charge in [0, 0.05) is 30.9 Å². The molecule has 1 N–H and O–H groups in total. The molecule has 2 heterocycles. The van der Waals surface area contributed by atoms with Gasteiger partial charge in [-0.25, -0.2) is 8.42 Å². The van der Waals surface area contributed by atoms with Gasteiger partial charge in [0.15, 0.2) is 0 Å². The highest BCUT2D eigenvalue weighted by molar-refractivity contribution is 7.89. The molecule has 23 heavy (non-hydrogen) atoms. The van der Waals surface area contributed by atoms with Gasteiger partial charge in [-0.1, -0.05) is 23.2 Å². The van der Waals surface area contributed by atoms with E-state index in [1.807, 2.05) is 0 Å². The van der Waals surface area contributed by atoms with Crippen LogP contribution in [0.5, 0.6) is 0 Å². The van der Waals surface area contributed by atoms with E-state index in [0.717, 1.165) is 12.8 Å². The van der Waals surface area contributed by atoms with Crippen molar-refractivity contribution in [3.63, 3.8) is 0 Å². The van der Waals surface area contributed by atoms with Gasteiger partial charge in [0.1, 0.15) is 0 Å². The van der Waals surface area contributed by atoms with E-state index in [9.17, 15) is 13.2 Å². The van der Waals surface area contributed by atoms with Gasteiger partial charge in [0.2, 0.25) is 14.4 Å². The number of methoxy groups -OCH3 is 1. The van der Waals surface area contributed by atoms with Crippen molar-refractivity contribution >= 4 is 44.8 Å². The van der Waals surface area contributed by atoms with E-state index in [1.54, 1.807) is 7.11 Å². The molecule has 2 aliphatic rings. The summed E-state index contributed by atoms with van der Waals surface area (Å²) in [5.74, 6) is -0.580. The number of benzene rings is 1. The lowest BCUT2D eigenvalue weighted by atomic mass is 10.1. The first-order chi connectivity index (χ1) is 10.8. The Morgan fingerprint density at radius 1 is 1.43 bits per heavy atom. The molecule has 1 fully saturated rings. The number of carbonyl (C=O) groups is 1. The van der Waals surface area contributed by atoms with E-state index in [1.165, 1.54) is 22.5 Å². The fourth-order valence-corrected chi connectivity index (χ4v) is 5.11. The first-order valence-corrected chi connectivity index (χ1v) is 9.32. The lowest BCUT2D eigenvalue weighted by Crippen LogP contribution is -2.38. The summed E-state index contributed by atoms with van der Waals surface area (Å²) < 4.78 is 30.5. The summed E-state index contributed by atoms with van der Waals surface area (Å²) in [6.45, 7) is 0.788. The van der Waals surface area contributed by atoms with E-state index < -0.39 is 20.3 Å². The van der Waals surface area contributed by atoms with Crippen LogP contribution in [-0.4, -0.2) is 44.9 Å². The number of nitrogens with one attached hydrogen (secondary N) is 1. The smallest absolute Gasteiger partial charge is 0.265 e. The first kappa shape index (κ1) is 17.0. The third-order valence-corrected chi connectivity index (χ3v) is 6.85. The Morgan fingerprint density at radius 2 is 2.17 bits per heavy atom. The molecule has 0 spiro atoms. The van der Waals surface area contributed by atoms with Crippen molar-refractivity contribution in [2.75, 3.05) is 25.6 Å². The van der Waals surface area contributed by atoms with Gasteiger partial charge in [-0.05, 0) is 31.0 Å². The molecule has 2 aliphatic heterocycles. The van der Waals surface area contributed by atoms with Crippen molar-refractivity contribution in [1.29, 1.82) is 0 Å². The molecule has 1 aromatic rings. The van der Waals surface area contributed by atoms with E-state index in [-0.39, 0.29) is 16.5 Å². The van der Waals surface area contributed by atoms with Crippen molar-refractivity contribution in [2.45, 2.75) is 28.1 Å². The second-order valence-corrected chi connectivity index (χ2v) is 8.82. The van der Waals surface area contributed by atoms with E-state index in [0.29, 0.717) is 18.8 Å². The average Bonchev–Trinajstić information content (AvgIpc) is 3.04. The molecule has 0 saturated carbocycles. The van der Waals surface area contributed by atoms with Gasteiger partial charge < -0.3 is 10.1 Å². The predicted octanol–water partition coefficient (Wildman–Crippen LogP) is 2.07. The third kappa shape index (κ3) is 2.74. The zero-order valence-electron chi connectivity index (χ0n) is 12.4. The molecule has 1 saturated heterocycles. The number of halogens is 2. The summed E-state index contributed by atoms with van der Waals surface area (Å²) in [6.07, 6.45) is 1.54. The minimum atomic E-state index is -3.70. The number of hydrogen-bond donors (Lipinski definition) is 1. The summed E-state index contributed by atoms with van der Waals surface area (Å²) in [4.78, 5) is 11.8. The van der Waals surface area contributed by atoms with Crippen molar-refractivity contribution in [2.24, 2.45) is 0 Å². The van der Waals surface area contributed by atoms with E-state index >= 15 is 0 Å². The standard InChI is InChI=1S/C14H16Cl2N2O4S/c1-22-8-9-3-2-6-18(9)23(20,21)10-4-5-12-11(7-10)14(15,16)13(19)17-12/h4-5,7,9H,2-3,6,8H2,1H3,(H,17,19)/t9-/m0/s1. The molecule has 0 aliphatic carbocycles. The molecule has 0 radical (unpaired) electrons. The molecule has 0 bridgehead atoms. The lowest BCUT2D eigenvalue weighted by Gasteiger charge is -2.24. The van der Waals surface area contributed by atoms with Crippen LogP contribution in [0.25, 0.3) is 0 Å². The second-order valence-electron chi connectivity index (χ2n) is 5.60. The van der Waals surface area contributed by atoms with Crippen molar-refractivity contribution in [3.8, 4) is 0 Å². The highest BCUT2D eigenvalue weighted by Crippen LogP contribution is 2.45. The SMILES string of the molecule is COC[C@@H]1CCCN1S(=O)(=O)c1ccc2c(c1)C(Cl)(Cl)C(=O)N2. The van der Waals surface area contributed by atoms with Crippen LogP contribution in [-0.2, 0) is 23.9 Å². The minimum absolute atomic E-state index is 0.0708. The number of sulfonamides is 1. The molecule has 9 heteroatoms. The largest absolute Gasteiger partial charge is 0.383 e. The van der Waals surface area contributed by atoms with Crippen LogP contribution in [0.15, 0.2) is 23.1 Å². The van der Waals surface area contributed by atoms with Gasteiger partial charge in [0.05, 0.1) is 11.5 Å². The number of ether oxygens (including phenoxy) is 1. The maximum absolute atomic E-state index is 12.9. The number of nitrogens with zero attached hydrogens (tertiary/aromatic N) is 1. The van der Waals surface area contributed by atoms with Crippen LogP contribution in [0.3, 0.4) is 0 Å². The normalized spacial score (nSPS) is 23.8.